The Kier molecular flexibility index (Phi) is 5.86. The van der Waals surface area contributed by atoms with Gasteiger partial charge in [0.25, 0.3) is 0 Å². The molecule has 10 aromatic rings. The van der Waals surface area contributed by atoms with E-state index in [9.17, 15) is 0 Å². The van der Waals surface area contributed by atoms with E-state index in [4.69, 9.17) is 4.98 Å². The first kappa shape index (κ1) is 27.4. The molecule has 0 atom stereocenters. The van der Waals surface area contributed by atoms with Gasteiger partial charge in [0.1, 0.15) is 5.01 Å². The van der Waals surface area contributed by atoms with E-state index in [0.717, 1.165) is 23.4 Å². The number of thiophene rings is 1. The number of allylic oxidation sites excluding steroid dienone is 1. The number of benzene rings is 7. The molecule has 0 fully saturated rings. The molecule has 0 amide bonds. The average molecular weight is 661 g/mol. The second kappa shape index (κ2) is 10.5. The maximum absolute atomic E-state index is 5.40. The SMILES string of the molecule is C1=Cc2sc3c(-c4ccc5c(ccc6ccccc65)c4)cc4nc(-c5ccc6c(c5)c5ccccc5n6-c5ccccc5)sc4c3c2CC1. The summed E-state index contributed by atoms with van der Waals surface area (Å²) in [7, 11) is 0. The topological polar surface area (TPSA) is 17.8 Å². The molecule has 3 aromatic heterocycles. The number of nitrogens with zero attached hydrogens (tertiary/aromatic N) is 2. The maximum Gasteiger partial charge on any atom is 0.124 e. The summed E-state index contributed by atoms with van der Waals surface area (Å²) in [5, 5.41) is 10.1. The van der Waals surface area contributed by atoms with Gasteiger partial charge in [-0.05, 0) is 100 Å². The summed E-state index contributed by atoms with van der Waals surface area (Å²) in [5.74, 6) is 0. The molecule has 7 aromatic carbocycles. The van der Waals surface area contributed by atoms with E-state index in [-0.39, 0.29) is 0 Å². The third-order valence-corrected chi connectivity index (χ3v) is 12.6. The Bertz CT molecular complexity index is 2990. The van der Waals surface area contributed by atoms with Crippen LogP contribution in [0.15, 0.2) is 140 Å². The molecular weight excluding hydrogens is 633 g/mol. The molecule has 3 heterocycles. The lowest BCUT2D eigenvalue weighted by Gasteiger charge is -2.09. The van der Waals surface area contributed by atoms with Crippen molar-refractivity contribution in [3.8, 4) is 27.4 Å². The highest BCUT2D eigenvalue weighted by Gasteiger charge is 2.22. The fraction of sp³-hybridized carbons (Fsp3) is 0.0444. The molecule has 0 N–H and O–H groups in total. The molecule has 0 aliphatic heterocycles. The predicted molar refractivity (Wildman–Crippen MR) is 213 cm³/mol. The van der Waals surface area contributed by atoms with Crippen molar-refractivity contribution >= 4 is 92.4 Å². The highest BCUT2D eigenvalue weighted by molar-refractivity contribution is 7.25. The van der Waals surface area contributed by atoms with Crippen LogP contribution in [0.2, 0.25) is 0 Å². The third-order valence-electron chi connectivity index (χ3n) is 10.3. The van der Waals surface area contributed by atoms with Crippen LogP contribution >= 0.6 is 22.7 Å². The van der Waals surface area contributed by atoms with Crippen molar-refractivity contribution in [1.82, 2.24) is 9.55 Å². The van der Waals surface area contributed by atoms with Gasteiger partial charge in [-0.15, -0.1) is 22.7 Å². The number of hydrogen-bond donors (Lipinski definition) is 0. The molecule has 0 radical (unpaired) electrons. The van der Waals surface area contributed by atoms with Crippen molar-refractivity contribution in [2.75, 3.05) is 0 Å². The van der Waals surface area contributed by atoms with E-state index >= 15 is 0 Å². The molecule has 0 bridgehead atoms. The number of hydrogen-bond acceptors (Lipinski definition) is 3. The lowest BCUT2D eigenvalue weighted by Crippen LogP contribution is -1.92. The standard InChI is InChI=1S/C45H28N2S2/c1-2-11-31(12-3-1)47-39-16-8-6-14-34(39)37-25-30(21-23-40(37)47)45-46-38-26-36(43-42(44(38)49-45)35-15-7-9-17-41(35)48-43)29-20-22-33-28(24-29)19-18-27-10-4-5-13-32(27)33/h1-6,8-14,16-26H,7,15H2. The first-order chi connectivity index (χ1) is 24.3. The Labute approximate surface area is 290 Å². The zero-order chi connectivity index (χ0) is 32.1. The molecule has 230 valence electrons. The Hall–Kier alpha value is -5.55. The highest BCUT2D eigenvalue weighted by atomic mass is 32.1. The lowest BCUT2D eigenvalue weighted by atomic mass is 9.95. The molecule has 0 spiro atoms. The number of aryl methyl sites for hydroxylation is 1. The van der Waals surface area contributed by atoms with Gasteiger partial charge in [0, 0.05) is 42.6 Å². The summed E-state index contributed by atoms with van der Waals surface area (Å²) in [4.78, 5) is 6.80. The summed E-state index contributed by atoms with van der Waals surface area (Å²) >= 11 is 3.79. The number of thiazole rings is 1. The lowest BCUT2D eigenvalue weighted by molar-refractivity contribution is 1.01. The van der Waals surface area contributed by atoms with E-state index in [0.29, 0.717) is 0 Å². The van der Waals surface area contributed by atoms with Gasteiger partial charge in [-0.25, -0.2) is 4.98 Å². The molecule has 49 heavy (non-hydrogen) atoms. The third kappa shape index (κ3) is 4.08. The monoisotopic (exact) mass is 660 g/mol. The molecule has 0 saturated heterocycles. The van der Waals surface area contributed by atoms with Crippen molar-refractivity contribution in [3.05, 3.63) is 150 Å². The number of aromatic nitrogens is 2. The fourth-order valence-electron chi connectivity index (χ4n) is 8.00. The molecule has 1 aliphatic carbocycles. The van der Waals surface area contributed by atoms with Crippen molar-refractivity contribution in [1.29, 1.82) is 0 Å². The first-order valence-electron chi connectivity index (χ1n) is 16.8. The highest BCUT2D eigenvalue weighted by Crippen LogP contribution is 2.48. The molecule has 11 rings (SSSR count). The molecule has 2 nitrogen and oxygen atoms in total. The molecular formula is C45H28N2S2. The van der Waals surface area contributed by atoms with E-state index < -0.39 is 0 Å². The van der Waals surface area contributed by atoms with Crippen molar-refractivity contribution < 1.29 is 0 Å². The van der Waals surface area contributed by atoms with Crippen LogP contribution in [0.3, 0.4) is 0 Å². The van der Waals surface area contributed by atoms with Crippen LogP contribution < -0.4 is 0 Å². The van der Waals surface area contributed by atoms with Gasteiger partial charge >= 0.3 is 0 Å². The summed E-state index contributed by atoms with van der Waals surface area (Å²) in [6.07, 6.45) is 6.83. The van der Waals surface area contributed by atoms with Crippen molar-refractivity contribution in [2.45, 2.75) is 12.8 Å². The fourth-order valence-corrected chi connectivity index (χ4v) is 10.5. The summed E-state index contributed by atoms with van der Waals surface area (Å²) in [6, 6.07) is 48.8. The van der Waals surface area contributed by atoms with Crippen LogP contribution in [-0.2, 0) is 6.42 Å². The second-order valence-corrected chi connectivity index (χ2v) is 15.1. The predicted octanol–water partition coefficient (Wildman–Crippen LogP) is 13.2. The molecule has 0 saturated carbocycles. The van der Waals surface area contributed by atoms with Gasteiger partial charge in [0.15, 0.2) is 0 Å². The van der Waals surface area contributed by atoms with E-state index in [2.05, 4.69) is 150 Å². The minimum absolute atomic E-state index is 1.07. The first-order valence-corrected chi connectivity index (χ1v) is 18.5. The normalized spacial score (nSPS) is 13.1. The molecule has 1 aliphatic rings. The van der Waals surface area contributed by atoms with E-state index in [1.54, 1.807) is 0 Å². The minimum Gasteiger partial charge on any atom is -0.309 e. The zero-order valence-electron chi connectivity index (χ0n) is 26.5. The van der Waals surface area contributed by atoms with Crippen LogP contribution in [0, 0.1) is 0 Å². The van der Waals surface area contributed by atoms with Crippen LogP contribution in [0.1, 0.15) is 16.9 Å². The van der Waals surface area contributed by atoms with Gasteiger partial charge in [-0.1, -0.05) is 91.0 Å². The number of fused-ring (bicyclic) bond motifs is 11. The van der Waals surface area contributed by atoms with Gasteiger partial charge in [-0.3, -0.25) is 0 Å². The average Bonchev–Trinajstić information content (AvgIpc) is 3.86. The number of rotatable bonds is 3. The summed E-state index contributed by atoms with van der Waals surface area (Å²) < 4.78 is 5.06. The minimum atomic E-state index is 1.07. The van der Waals surface area contributed by atoms with E-state index in [1.165, 1.54) is 91.0 Å². The zero-order valence-corrected chi connectivity index (χ0v) is 28.1. The Morgan fingerprint density at radius 1 is 0.571 bits per heavy atom. The Morgan fingerprint density at radius 2 is 1.35 bits per heavy atom. The largest absolute Gasteiger partial charge is 0.309 e. The van der Waals surface area contributed by atoms with Gasteiger partial charge in [0.2, 0.25) is 0 Å². The van der Waals surface area contributed by atoms with Crippen LogP contribution in [-0.4, -0.2) is 9.55 Å². The van der Waals surface area contributed by atoms with Gasteiger partial charge in [0.05, 0.1) is 21.3 Å². The van der Waals surface area contributed by atoms with Crippen molar-refractivity contribution in [3.63, 3.8) is 0 Å². The molecule has 0 unspecified atom stereocenters. The van der Waals surface area contributed by atoms with Gasteiger partial charge < -0.3 is 4.57 Å². The summed E-state index contributed by atoms with van der Waals surface area (Å²) in [5.41, 5.74) is 9.88. The van der Waals surface area contributed by atoms with Crippen molar-refractivity contribution in [2.24, 2.45) is 0 Å². The Morgan fingerprint density at radius 3 is 2.29 bits per heavy atom. The van der Waals surface area contributed by atoms with E-state index in [1.807, 2.05) is 22.7 Å². The molecule has 4 heteroatoms. The second-order valence-electron chi connectivity index (χ2n) is 13.0. The van der Waals surface area contributed by atoms with Crippen LogP contribution in [0.25, 0.3) is 97.1 Å². The summed E-state index contributed by atoms with van der Waals surface area (Å²) in [6.45, 7) is 0. The maximum atomic E-state index is 5.40. The Balaban J connectivity index is 1.13. The quantitative estimate of drug-likeness (QED) is 0.172. The van der Waals surface area contributed by atoms with Crippen LogP contribution in [0.5, 0.6) is 0 Å². The smallest absolute Gasteiger partial charge is 0.124 e. The van der Waals surface area contributed by atoms with Gasteiger partial charge in [-0.2, -0.15) is 0 Å². The number of para-hydroxylation sites is 2. The van der Waals surface area contributed by atoms with Crippen LogP contribution in [0.4, 0.5) is 0 Å².